The van der Waals surface area contributed by atoms with E-state index in [-0.39, 0.29) is 43.7 Å². The van der Waals surface area contributed by atoms with E-state index in [9.17, 15) is 24.3 Å². The summed E-state index contributed by atoms with van der Waals surface area (Å²) in [6.45, 7) is 9.09. The van der Waals surface area contributed by atoms with Crippen LogP contribution in [0.15, 0.2) is 60.7 Å². The van der Waals surface area contributed by atoms with E-state index in [1.807, 2.05) is 81.4 Å². The molecule has 0 aromatic heterocycles. The van der Waals surface area contributed by atoms with Gasteiger partial charge in [0.2, 0.25) is 17.7 Å². The van der Waals surface area contributed by atoms with Gasteiger partial charge in [-0.15, -0.1) is 0 Å². The van der Waals surface area contributed by atoms with Crippen molar-refractivity contribution < 1.29 is 29.0 Å². The molecule has 5 N–H and O–H groups in total. The van der Waals surface area contributed by atoms with Crippen molar-refractivity contribution in [3.63, 3.8) is 0 Å². The number of amides is 4. The van der Waals surface area contributed by atoms with E-state index >= 15 is 0 Å². The smallest absolute Gasteiger partial charge is 0.408 e. The lowest BCUT2D eigenvalue weighted by molar-refractivity contribution is -0.127. The van der Waals surface area contributed by atoms with E-state index in [0.717, 1.165) is 11.1 Å². The maximum Gasteiger partial charge on any atom is 0.408 e. The summed E-state index contributed by atoms with van der Waals surface area (Å²) in [6.07, 6.45) is -1.59. The number of carbonyl (C=O) groups is 4. The maximum absolute atomic E-state index is 13.3. The van der Waals surface area contributed by atoms with Gasteiger partial charge in [0.1, 0.15) is 12.6 Å². The average Bonchev–Trinajstić information content (AvgIpc) is 2.92. The molecule has 0 spiro atoms. The van der Waals surface area contributed by atoms with Crippen molar-refractivity contribution in [1.82, 2.24) is 21.3 Å². The molecule has 0 fully saturated rings. The first-order valence-electron chi connectivity index (χ1n) is 13.9. The standard InChI is InChI=1S/C31H44N4O6/c1-21(2)28(34-30(40)41-20-23-14-10-7-11-15-23)29(39)33-24(18-22-12-8-6-9-13-22)25(36)19-32-26(37)16-17-27(38)35-31(3,4)5/h6-15,21,24-25,28,36H,16-20H2,1-5H3,(H,32,37)(H,33,39)(H,34,40)(H,35,38)/t24?,25?,28-/m0/s1. The minimum absolute atomic E-state index is 0.0193. The SMILES string of the molecule is CC(C)[C@H](NC(=O)OCc1ccccc1)C(=O)NC(Cc1ccccc1)C(O)CNC(=O)CCC(=O)NC(C)(C)C. The highest BCUT2D eigenvalue weighted by Crippen LogP contribution is 2.10. The molecule has 2 aromatic carbocycles. The molecule has 0 radical (unpaired) electrons. The van der Waals surface area contributed by atoms with Gasteiger partial charge in [-0.3, -0.25) is 14.4 Å². The summed E-state index contributed by atoms with van der Waals surface area (Å²) in [5, 5.41) is 21.9. The van der Waals surface area contributed by atoms with Crippen molar-refractivity contribution in [1.29, 1.82) is 0 Å². The monoisotopic (exact) mass is 568 g/mol. The Balaban J connectivity index is 2.00. The predicted molar refractivity (Wildman–Crippen MR) is 157 cm³/mol. The summed E-state index contributed by atoms with van der Waals surface area (Å²) in [4.78, 5) is 50.1. The molecular formula is C31H44N4O6. The van der Waals surface area contributed by atoms with Crippen LogP contribution in [-0.4, -0.2) is 59.2 Å². The van der Waals surface area contributed by atoms with E-state index in [2.05, 4.69) is 21.3 Å². The molecule has 0 saturated heterocycles. The molecule has 3 atom stereocenters. The highest BCUT2D eigenvalue weighted by atomic mass is 16.5. The Morgan fingerprint density at radius 2 is 1.39 bits per heavy atom. The number of benzene rings is 2. The van der Waals surface area contributed by atoms with Crippen LogP contribution in [-0.2, 0) is 32.1 Å². The first-order valence-corrected chi connectivity index (χ1v) is 13.9. The zero-order chi connectivity index (χ0) is 30.4. The number of ether oxygens (including phenoxy) is 1. The van der Waals surface area contributed by atoms with Gasteiger partial charge in [-0.1, -0.05) is 74.5 Å². The second-order valence-electron chi connectivity index (χ2n) is 11.4. The number of carbonyl (C=O) groups excluding carboxylic acids is 4. The average molecular weight is 569 g/mol. The highest BCUT2D eigenvalue weighted by molar-refractivity contribution is 5.86. The molecule has 4 amide bonds. The lowest BCUT2D eigenvalue weighted by atomic mass is 9.98. The Labute approximate surface area is 242 Å². The van der Waals surface area contributed by atoms with Crippen molar-refractivity contribution >= 4 is 23.8 Å². The van der Waals surface area contributed by atoms with Gasteiger partial charge in [-0.05, 0) is 44.2 Å². The quantitative estimate of drug-likeness (QED) is 0.237. The zero-order valence-corrected chi connectivity index (χ0v) is 24.6. The second kappa shape index (κ2) is 16.4. The van der Waals surface area contributed by atoms with Gasteiger partial charge in [0.25, 0.3) is 0 Å². The number of hydrogen-bond donors (Lipinski definition) is 5. The fourth-order valence-electron chi connectivity index (χ4n) is 4.01. The number of nitrogens with one attached hydrogen (secondary N) is 4. The van der Waals surface area contributed by atoms with Crippen LogP contribution >= 0.6 is 0 Å². The molecule has 0 aliphatic heterocycles. The van der Waals surface area contributed by atoms with Crippen LogP contribution in [0.2, 0.25) is 0 Å². The summed E-state index contributed by atoms with van der Waals surface area (Å²) in [7, 11) is 0. The summed E-state index contributed by atoms with van der Waals surface area (Å²) in [6, 6.07) is 16.8. The lowest BCUT2D eigenvalue weighted by Gasteiger charge is -2.28. The van der Waals surface area contributed by atoms with E-state index in [4.69, 9.17) is 4.74 Å². The summed E-state index contributed by atoms with van der Waals surface area (Å²) in [5.74, 6) is -1.38. The van der Waals surface area contributed by atoms with Crippen molar-refractivity contribution in [3.8, 4) is 0 Å². The summed E-state index contributed by atoms with van der Waals surface area (Å²) >= 11 is 0. The first kappa shape index (κ1) is 33.3. The van der Waals surface area contributed by atoms with Gasteiger partial charge < -0.3 is 31.1 Å². The normalized spacial score (nSPS) is 13.4. The fraction of sp³-hybridized carbons (Fsp3) is 0.484. The van der Waals surface area contributed by atoms with Crippen LogP contribution < -0.4 is 21.3 Å². The molecule has 2 rings (SSSR count). The number of aliphatic hydroxyl groups is 1. The van der Waals surface area contributed by atoms with E-state index < -0.39 is 35.7 Å². The van der Waals surface area contributed by atoms with Crippen molar-refractivity contribution in [3.05, 3.63) is 71.8 Å². The van der Waals surface area contributed by atoms with Gasteiger partial charge in [-0.25, -0.2) is 4.79 Å². The van der Waals surface area contributed by atoms with Gasteiger partial charge in [0.15, 0.2) is 0 Å². The number of rotatable bonds is 14. The van der Waals surface area contributed by atoms with Crippen LogP contribution in [0, 0.1) is 5.92 Å². The van der Waals surface area contributed by atoms with Crippen LogP contribution in [0.4, 0.5) is 4.79 Å². The minimum atomic E-state index is -1.13. The Hall–Kier alpha value is -3.92. The van der Waals surface area contributed by atoms with Crippen molar-refractivity contribution in [2.24, 2.45) is 5.92 Å². The van der Waals surface area contributed by atoms with Crippen molar-refractivity contribution in [2.45, 2.75) is 84.2 Å². The van der Waals surface area contributed by atoms with Gasteiger partial charge in [-0.2, -0.15) is 0 Å². The van der Waals surface area contributed by atoms with Gasteiger partial charge >= 0.3 is 6.09 Å². The van der Waals surface area contributed by atoms with Gasteiger partial charge in [0, 0.05) is 24.9 Å². The largest absolute Gasteiger partial charge is 0.445 e. The second-order valence-corrected chi connectivity index (χ2v) is 11.4. The molecule has 224 valence electrons. The molecule has 0 aliphatic rings. The van der Waals surface area contributed by atoms with Crippen molar-refractivity contribution in [2.75, 3.05) is 6.54 Å². The predicted octanol–water partition coefficient (Wildman–Crippen LogP) is 2.84. The molecular weight excluding hydrogens is 524 g/mol. The number of alkyl carbamates (subject to hydrolysis) is 1. The van der Waals surface area contributed by atoms with E-state index in [0.29, 0.717) is 6.42 Å². The Kier molecular flexibility index (Phi) is 13.3. The Morgan fingerprint density at radius 1 is 0.829 bits per heavy atom. The van der Waals surface area contributed by atoms with Gasteiger partial charge in [0.05, 0.1) is 12.1 Å². The van der Waals surface area contributed by atoms with Crippen LogP contribution in [0.1, 0.15) is 58.6 Å². The number of hydrogen-bond acceptors (Lipinski definition) is 6. The molecule has 0 saturated carbocycles. The summed E-state index contributed by atoms with van der Waals surface area (Å²) in [5.41, 5.74) is 1.29. The molecule has 10 heteroatoms. The molecule has 0 aliphatic carbocycles. The van der Waals surface area contributed by atoms with E-state index in [1.165, 1.54) is 0 Å². The first-order chi connectivity index (χ1) is 19.3. The maximum atomic E-state index is 13.3. The topological polar surface area (TPSA) is 146 Å². The molecule has 2 unspecified atom stereocenters. The highest BCUT2D eigenvalue weighted by Gasteiger charge is 2.30. The molecule has 0 heterocycles. The lowest BCUT2D eigenvalue weighted by Crippen LogP contribution is -2.56. The summed E-state index contributed by atoms with van der Waals surface area (Å²) < 4.78 is 5.28. The van der Waals surface area contributed by atoms with Crippen LogP contribution in [0.5, 0.6) is 0 Å². The minimum Gasteiger partial charge on any atom is -0.445 e. The number of aliphatic hydroxyl groups excluding tert-OH is 1. The molecule has 10 nitrogen and oxygen atoms in total. The Bertz CT molecular complexity index is 1120. The van der Waals surface area contributed by atoms with Crippen LogP contribution in [0.25, 0.3) is 0 Å². The third-order valence-corrected chi connectivity index (χ3v) is 6.13. The van der Waals surface area contributed by atoms with Crippen LogP contribution in [0.3, 0.4) is 0 Å². The fourth-order valence-corrected chi connectivity index (χ4v) is 4.01. The zero-order valence-electron chi connectivity index (χ0n) is 24.6. The van der Waals surface area contributed by atoms with E-state index in [1.54, 1.807) is 13.8 Å². The molecule has 41 heavy (non-hydrogen) atoms. The Morgan fingerprint density at radius 3 is 1.95 bits per heavy atom. The third-order valence-electron chi connectivity index (χ3n) is 6.13. The molecule has 0 bridgehead atoms. The third kappa shape index (κ3) is 13.3. The molecule has 2 aromatic rings.